The Bertz CT molecular complexity index is 684. The Morgan fingerprint density at radius 3 is 2.44 bits per heavy atom. The molecule has 6 nitrogen and oxygen atoms in total. The predicted molar refractivity (Wildman–Crippen MR) is 100 cm³/mol. The number of urea groups is 1. The van der Waals surface area contributed by atoms with Crippen molar-refractivity contribution in [2.24, 2.45) is 0 Å². The van der Waals surface area contributed by atoms with Gasteiger partial charge >= 0.3 is 6.03 Å². The van der Waals surface area contributed by atoms with Crippen LogP contribution in [0, 0.1) is 6.92 Å². The second-order valence-corrected chi connectivity index (χ2v) is 7.27. The average Bonchev–Trinajstić information content (AvgIpc) is 2.76. The van der Waals surface area contributed by atoms with Crippen LogP contribution in [0.4, 0.5) is 10.5 Å². The van der Waals surface area contributed by atoms with Gasteiger partial charge in [-0.05, 0) is 37.5 Å². The van der Waals surface area contributed by atoms with Crippen molar-refractivity contribution in [3.05, 3.63) is 28.2 Å². The Balaban J connectivity index is 2.08. The van der Waals surface area contributed by atoms with E-state index in [0.717, 1.165) is 27.8 Å². The molecule has 0 saturated carbocycles. The van der Waals surface area contributed by atoms with Gasteiger partial charge in [0.05, 0.1) is 0 Å². The van der Waals surface area contributed by atoms with Gasteiger partial charge in [0.15, 0.2) is 0 Å². The maximum absolute atomic E-state index is 12.8. The fourth-order valence-electron chi connectivity index (χ4n) is 3.15. The minimum atomic E-state index is -0.867. The maximum Gasteiger partial charge on any atom is 0.325 e. The summed E-state index contributed by atoms with van der Waals surface area (Å²) in [6.45, 7) is 5.61. The van der Waals surface area contributed by atoms with E-state index in [9.17, 15) is 14.4 Å². The minimum Gasteiger partial charge on any atom is -0.324 e. The summed E-state index contributed by atoms with van der Waals surface area (Å²) in [5, 5.41) is 5.53. The highest BCUT2D eigenvalue weighted by atomic mass is 79.9. The van der Waals surface area contributed by atoms with Crippen molar-refractivity contribution in [2.45, 2.75) is 52.0 Å². The lowest BCUT2D eigenvalue weighted by Gasteiger charge is -2.25. The van der Waals surface area contributed by atoms with E-state index in [1.54, 1.807) is 12.1 Å². The van der Waals surface area contributed by atoms with Crippen LogP contribution >= 0.6 is 15.9 Å². The number of imide groups is 1. The molecule has 0 radical (unpaired) electrons. The molecule has 7 heteroatoms. The lowest BCUT2D eigenvalue weighted by atomic mass is 9.88. The molecule has 25 heavy (non-hydrogen) atoms. The molecule has 4 amide bonds. The van der Waals surface area contributed by atoms with Crippen molar-refractivity contribution >= 4 is 39.5 Å². The fraction of sp³-hybridized carbons (Fsp3) is 0.500. The molecule has 0 aromatic heterocycles. The fourth-order valence-corrected chi connectivity index (χ4v) is 3.53. The van der Waals surface area contributed by atoms with E-state index in [-0.39, 0.29) is 12.5 Å². The zero-order chi connectivity index (χ0) is 18.6. The summed E-state index contributed by atoms with van der Waals surface area (Å²) in [7, 11) is 0. The third-order valence-corrected chi connectivity index (χ3v) is 5.21. The monoisotopic (exact) mass is 409 g/mol. The number of nitrogens with one attached hydrogen (secondary N) is 2. The number of carbonyl (C=O) groups is 3. The molecular weight excluding hydrogens is 386 g/mol. The minimum absolute atomic E-state index is 0.286. The lowest BCUT2D eigenvalue weighted by molar-refractivity contribution is -0.134. The highest BCUT2D eigenvalue weighted by Gasteiger charge is 2.50. The van der Waals surface area contributed by atoms with Gasteiger partial charge in [0, 0.05) is 10.2 Å². The van der Waals surface area contributed by atoms with Crippen molar-refractivity contribution in [3.63, 3.8) is 0 Å². The molecule has 1 fully saturated rings. The topological polar surface area (TPSA) is 78.5 Å². The third-order valence-electron chi connectivity index (χ3n) is 4.36. The molecule has 1 saturated heterocycles. The molecule has 1 aromatic carbocycles. The second-order valence-electron chi connectivity index (χ2n) is 6.42. The number of hydrogen-bond donors (Lipinski definition) is 2. The Kier molecular flexibility index (Phi) is 6.21. The molecule has 0 spiro atoms. The number of amides is 4. The van der Waals surface area contributed by atoms with E-state index in [2.05, 4.69) is 26.6 Å². The first-order valence-corrected chi connectivity index (χ1v) is 9.32. The van der Waals surface area contributed by atoms with Crippen molar-refractivity contribution in [3.8, 4) is 0 Å². The van der Waals surface area contributed by atoms with E-state index >= 15 is 0 Å². The van der Waals surface area contributed by atoms with Gasteiger partial charge in [0.1, 0.15) is 12.1 Å². The Hall–Kier alpha value is -1.89. The molecule has 1 heterocycles. The third kappa shape index (κ3) is 4.21. The Morgan fingerprint density at radius 1 is 1.24 bits per heavy atom. The van der Waals surface area contributed by atoms with Crippen LogP contribution in [0.15, 0.2) is 22.7 Å². The zero-order valence-electron chi connectivity index (χ0n) is 14.8. The molecule has 1 aromatic rings. The van der Waals surface area contributed by atoms with Crippen molar-refractivity contribution in [1.82, 2.24) is 10.2 Å². The van der Waals surface area contributed by atoms with Gasteiger partial charge in [-0.1, -0.05) is 48.7 Å². The van der Waals surface area contributed by atoms with Gasteiger partial charge in [-0.25, -0.2) is 4.79 Å². The molecule has 1 aliphatic rings. The highest BCUT2D eigenvalue weighted by molar-refractivity contribution is 9.10. The average molecular weight is 410 g/mol. The van der Waals surface area contributed by atoms with E-state index in [0.29, 0.717) is 18.5 Å². The van der Waals surface area contributed by atoms with Crippen LogP contribution < -0.4 is 10.6 Å². The summed E-state index contributed by atoms with van der Waals surface area (Å²) in [5.41, 5.74) is 0.798. The first-order valence-electron chi connectivity index (χ1n) is 8.53. The van der Waals surface area contributed by atoms with E-state index in [1.165, 1.54) is 0 Å². The van der Waals surface area contributed by atoms with Crippen LogP contribution in [-0.4, -0.2) is 34.8 Å². The molecular formula is C18H24BrN3O3. The van der Waals surface area contributed by atoms with Crippen LogP contribution in [0.3, 0.4) is 0 Å². The van der Waals surface area contributed by atoms with Gasteiger partial charge in [-0.15, -0.1) is 0 Å². The number of carbonyl (C=O) groups excluding carboxylic acids is 3. The van der Waals surface area contributed by atoms with Gasteiger partial charge in [-0.2, -0.15) is 0 Å². The molecule has 2 N–H and O–H groups in total. The summed E-state index contributed by atoms with van der Waals surface area (Å²) in [4.78, 5) is 38.3. The number of nitrogens with zero attached hydrogens (tertiary/aromatic N) is 1. The van der Waals surface area contributed by atoms with Crippen LogP contribution in [-0.2, 0) is 9.59 Å². The first kappa shape index (κ1) is 19.4. The smallest absolute Gasteiger partial charge is 0.324 e. The second kappa shape index (κ2) is 7.99. The molecule has 1 aliphatic heterocycles. The quantitative estimate of drug-likeness (QED) is 0.675. The van der Waals surface area contributed by atoms with Crippen LogP contribution in [0.5, 0.6) is 0 Å². The van der Waals surface area contributed by atoms with E-state index < -0.39 is 17.5 Å². The van der Waals surface area contributed by atoms with E-state index in [4.69, 9.17) is 0 Å². The number of aryl methyl sites for hydroxylation is 1. The number of halogens is 1. The van der Waals surface area contributed by atoms with Crippen molar-refractivity contribution in [1.29, 1.82) is 0 Å². The lowest BCUT2D eigenvalue weighted by Crippen LogP contribution is -2.47. The zero-order valence-corrected chi connectivity index (χ0v) is 16.4. The number of benzene rings is 1. The van der Waals surface area contributed by atoms with Crippen LogP contribution in [0.25, 0.3) is 0 Å². The van der Waals surface area contributed by atoms with Gasteiger partial charge in [-0.3, -0.25) is 14.5 Å². The van der Waals surface area contributed by atoms with Crippen LogP contribution in [0.2, 0.25) is 0 Å². The number of rotatable bonds is 7. The van der Waals surface area contributed by atoms with Crippen molar-refractivity contribution < 1.29 is 14.4 Å². The highest BCUT2D eigenvalue weighted by Crippen LogP contribution is 2.28. The number of hydrogen-bond acceptors (Lipinski definition) is 3. The Labute approximate surface area is 156 Å². The molecule has 0 unspecified atom stereocenters. The van der Waals surface area contributed by atoms with Gasteiger partial charge in [0.25, 0.3) is 5.91 Å². The van der Waals surface area contributed by atoms with Crippen LogP contribution in [0.1, 0.15) is 45.1 Å². The first-order chi connectivity index (χ1) is 11.8. The molecule has 136 valence electrons. The molecule has 0 bridgehead atoms. The summed E-state index contributed by atoms with van der Waals surface area (Å²) < 4.78 is 0.880. The van der Waals surface area contributed by atoms with Gasteiger partial charge < -0.3 is 10.6 Å². The molecule has 0 aliphatic carbocycles. The van der Waals surface area contributed by atoms with Gasteiger partial charge in [0.2, 0.25) is 5.91 Å². The SMILES string of the molecule is CCCC1(CCC)NC(=O)N(CC(=O)Nc2ccc(C)c(Br)c2)C1=O. The summed E-state index contributed by atoms with van der Waals surface area (Å²) >= 11 is 3.41. The van der Waals surface area contributed by atoms with E-state index in [1.807, 2.05) is 26.8 Å². The standard InChI is InChI=1S/C18H24BrN3O3/c1-4-8-18(9-5-2)16(24)22(17(25)21-18)11-15(23)20-13-7-6-12(3)14(19)10-13/h6-7,10H,4-5,8-9,11H2,1-3H3,(H,20,23)(H,21,25). The maximum atomic E-state index is 12.8. The largest absolute Gasteiger partial charge is 0.325 e. The predicted octanol–water partition coefficient (Wildman–Crippen LogP) is 3.59. The number of anilines is 1. The normalized spacial score (nSPS) is 16.1. The summed E-state index contributed by atoms with van der Waals surface area (Å²) in [6.07, 6.45) is 2.72. The molecule has 0 atom stereocenters. The Morgan fingerprint density at radius 2 is 1.88 bits per heavy atom. The summed E-state index contributed by atoms with van der Waals surface area (Å²) in [5.74, 6) is -0.704. The molecule has 2 rings (SSSR count). The summed E-state index contributed by atoms with van der Waals surface area (Å²) in [6, 6.07) is 4.95. The van der Waals surface area contributed by atoms with Crippen molar-refractivity contribution in [2.75, 3.05) is 11.9 Å².